The number of nitrogens with one attached hydrogen (secondary N) is 3. The monoisotopic (exact) mass is 392 g/mol. The summed E-state index contributed by atoms with van der Waals surface area (Å²) in [5, 5.41) is 13.7. The van der Waals surface area contributed by atoms with Gasteiger partial charge in [-0.1, -0.05) is 17.7 Å². The number of benzene rings is 2. The molecule has 0 saturated heterocycles. The van der Waals surface area contributed by atoms with Gasteiger partial charge in [-0.05, 0) is 43.7 Å². The number of non-ortho nitro benzene ring substituents is 1. The SMILES string of the molecule is Cc1c(Cl)cccc1NC(=O)NNC(=O)[C@H](C)Oc1ccc([N+](=O)[O-])cc1. The predicted molar refractivity (Wildman–Crippen MR) is 99.7 cm³/mol. The zero-order valence-electron chi connectivity index (χ0n) is 14.5. The first-order valence-electron chi connectivity index (χ1n) is 7.81. The van der Waals surface area contributed by atoms with Crippen molar-refractivity contribution in [3.8, 4) is 5.75 Å². The minimum atomic E-state index is -0.945. The van der Waals surface area contributed by atoms with Crippen LogP contribution in [0.2, 0.25) is 5.02 Å². The number of hydrogen-bond acceptors (Lipinski definition) is 5. The van der Waals surface area contributed by atoms with Crippen LogP contribution in [0.1, 0.15) is 12.5 Å². The number of halogens is 1. The fraction of sp³-hybridized carbons (Fsp3) is 0.176. The molecule has 2 aromatic carbocycles. The van der Waals surface area contributed by atoms with Gasteiger partial charge in [0.2, 0.25) is 0 Å². The number of hydrazine groups is 1. The van der Waals surface area contributed by atoms with E-state index in [1.54, 1.807) is 25.1 Å². The standard InChI is InChI=1S/C17H17ClN4O5/c1-10-14(18)4-3-5-15(10)19-17(24)21-20-16(23)11(2)27-13-8-6-12(7-9-13)22(25)26/h3-9,11H,1-2H3,(H,20,23)(H2,19,21,24)/t11-/m0/s1. The van der Waals surface area contributed by atoms with Crippen molar-refractivity contribution in [2.75, 3.05) is 5.32 Å². The third-order valence-corrected chi connectivity index (χ3v) is 3.95. The lowest BCUT2D eigenvalue weighted by Crippen LogP contribution is -2.48. The molecule has 0 unspecified atom stereocenters. The van der Waals surface area contributed by atoms with Crippen molar-refractivity contribution in [2.24, 2.45) is 0 Å². The Bertz CT molecular complexity index is 857. The Labute approximate surface area is 159 Å². The molecule has 142 valence electrons. The smallest absolute Gasteiger partial charge is 0.337 e. The molecule has 3 amide bonds. The van der Waals surface area contributed by atoms with Gasteiger partial charge in [0, 0.05) is 22.8 Å². The van der Waals surface area contributed by atoms with E-state index >= 15 is 0 Å². The van der Waals surface area contributed by atoms with Gasteiger partial charge in [-0.2, -0.15) is 0 Å². The molecule has 10 heteroatoms. The van der Waals surface area contributed by atoms with Crippen LogP contribution in [0.5, 0.6) is 5.75 Å². The zero-order valence-corrected chi connectivity index (χ0v) is 15.2. The molecule has 0 heterocycles. The number of ether oxygens (including phenoxy) is 1. The molecule has 27 heavy (non-hydrogen) atoms. The van der Waals surface area contributed by atoms with Crippen LogP contribution >= 0.6 is 11.6 Å². The summed E-state index contributed by atoms with van der Waals surface area (Å²) in [6, 6.07) is 9.67. The number of carbonyl (C=O) groups is 2. The van der Waals surface area contributed by atoms with E-state index in [1.165, 1.54) is 31.2 Å². The topological polar surface area (TPSA) is 123 Å². The van der Waals surface area contributed by atoms with Crippen molar-refractivity contribution in [3.05, 3.63) is 63.2 Å². The number of nitro benzene ring substituents is 1. The minimum Gasteiger partial charge on any atom is -0.481 e. The quantitative estimate of drug-likeness (QED) is 0.532. The second-order valence-corrected chi connectivity index (χ2v) is 5.90. The molecule has 0 aliphatic rings. The normalized spacial score (nSPS) is 11.2. The van der Waals surface area contributed by atoms with Gasteiger partial charge in [0.1, 0.15) is 5.75 Å². The largest absolute Gasteiger partial charge is 0.481 e. The highest BCUT2D eigenvalue weighted by Crippen LogP contribution is 2.22. The first-order valence-corrected chi connectivity index (χ1v) is 8.19. The molecule has 0 aliphatic carbocycles. The first kappa shape index (κ1) is 20.0. The fourth-order valence-corrected chi connectivity index (χ4v) is 2.20. The van der Waals surface area contributed by atoms with Crippen molar-refractivity contribution in [3.63, 3.8) is 0 Å². The number of urea groups is 1. The van der Waals surface area contributed by atoms with E-state index in [-0.39, 0.29) is 11.4 Å². The molecule has 0 aromatic heterocycles. The van der Waals surface area contributed by atoms with E-state index in [4.69, 9.17) is 16.3 Å². The molecule has 0 bridgehead atoms. The van der Waals surface area contributed by atoms with Crippen LogP contribution in [0, 0.1) is 17.0 Å². The van der Waals surface area contributed by atoms with Crippen molar-refractivity contribution < 1.29 is 19.2 Å². The summed E-state index contributed by atoms with van der Waals surface area (Å²) in [4.78, 5) is 33.9. The highest BCUT2D eigenvalue weighted by Gasteiger charge is 2.16. The van der Waals surface area contributed by atoms with Crippen LogP contribution in [0.15, 0.2) is 42.5 Å². The Morgan fingerprint density at radius 1 is 1.15 bits per heavy atom. The lowest BCUT2D eigenvalue weighted by atomic mass is 10.2. The summed E-state index contributed by atoms with van der Waals surface area (Å²) in [5.41, 5.74) is 5.53. The summed E-state index contributed by atoms with van der Waals surface area (Å²) in [7, 11) is 0. The summed E-state index contributed by atoms with van der Waals surface area (Å²) < 4.78 is 5.37. The van der Waals surface area contributed by atoms with Crippen LogP contribution < -0.4 is 20.9 Å². The van der Waals surface area contributed by atoms with E-state index < -0.39 is 23.0 Å². The second kappa shape index (κ2) is 8.86. The van der Waals surface area contributed by atoms with E-state index in [1.807, 2.05) is 0 Å². The van der Waals surface area contributed by atoms with Crippen LogP contribution in [-0.2, 0) is 4.79 Å². The van der Waals surface area contributed by atoms with Crippen LogP contribution in [0.4, 0.5) is 16.2 Å². The molecule has 3 N–H and O–H groups in total. The highest BCUT2D eigenvalue weighted by molar-refractivity contribution is 6.31. The van der Waals surface area contributed by atoms with Crippen molar-refractivity contribution in [1.82, 2.24) is 10.9 Å². The number of hydrogen-bond donors (Lipinski definition) is 3. The zero-order chi connectivity index (χ0) is 20.0. The van der Waals surface area contributed by atoms with Gasteiger partial charge in [-0.15, -0.1) is 0 Å². The Balaban J connectivity index is 1.84. The van der Waals surface area contributed by atoms with Gasteiger partial charge in [0.15, 0.2) is 6.10 Å². The molecule has 0 spiro atoms. The number of amides is 3. The third-order valence-electron chi connectivity index (χ3n) is 3.54. The Hall–Kier alpha value is -3.33. The van der Waals surface area contributed by atoms with Crippen molar-refractivity contribution in [1.29, 1.82) is 0 Å². The average Bonchev–Trinajstić information content (AvgIpc) is 2.64. The second-order valence-electron chi connectivity index (χ2n) is 5.49. The molecule has 1 atom stereocenters. The molecule has 0 saturated carbocycles. The fourth-order valence-electron chi connectivity index (χ4n) is 2.02. The first-order chi connectivity index (χ1) is 12.8. The Kier molecular flexibility index (Phi) is 6.56. The van der Waals surface area contributed by atoms with Gasteiger partial charge in [-0.25, -0.2) is 10.2 Å². The van der Waals surface area contributed by atoms with Gasteiger partial charge >= 0.3 is 6.03 Å². The summed E-state index contributed by atoms with van der Waals surface area (Å²) >= 11 is 5.98. The van der Waals surface area contributed by atoms with Crippen molar-refractivity contribution in [2.45, 2.75) is 20.0 Å². The van der Waals surface area contributed by atoms with Crippen LogP contribution in [0.25, 0.3) is 0 Å². The summed E-state index contributed by atoms with van der Waals surface area (Å²) in [6.07, 6.45) is -0.945. The number of rotatable bonds is 5. The maximum atomic E-state index is 12.0. The third kappa shape index (κ3) is 5.58. The highest BCUT2D eigenvalue weighted by atomic mass is 35.5. The van der Waals surface area contributed by atoms with Gasteiger partial charge in [-0.3, -0.25) is 20.3 Å². The van der Waals surface area contributed by atoms with E-state index in [0.717, 1.165) is 0 Å². The van der Waals surface area contributed by atoms with Crippen molar-refractivity contribution >= 4 is 34.9 Å². The Morgan fingerprint density at radius 3 is 2.44 bits per heavy atom. The molecule has 2 rings (SSSR count). The minimum absolute atomic E-state index is 0.0888. The van der Waals surface area contributed by atoms with E-state index in [2.05, 4.69) is 16.2 Å². The van der Waals surface area contributed by atoms with Crippen LogP contribution in [-0.4, -0.2) is 23.0 Å². The number of anilines is 1. The molecule has 2 aromatic rings. The number of carbonyl (C=O) groups excluding carboxylic acids is 2. The molecular weight excluding hydrogens is 376 g/mol. The van der Waals surface area contributed by atoms with Gasteiger partial charge in [0.25, 0.3) is 11.6 Å². The van der Waals surface area contributed by atoms with Gasteiger partial charge in [0.05, 0.1) is 4.92 Å². The van der Waals surface area contributed by atoms with E-state index in [0.29, 0.717) is 16.3 Å². The molecule has 9 nitrogen and oxygen atoms in total. The Morgan fingerprint density at radius 2 is 1.81 bits per heavy atom. The maximum Gasteiger partial charge on any atom is 0.337 e. The average molecular weight is 393 g/mol. The lowest BCUT2D eigenvalue weighted by molar-refractivity contribution is -0.384. The van der Waals surface area contributed by atoms with E-state index in [9.17, 15) is 19.7 Å². The van der Waals surface area contributed by atoms with Crippen LogP contribution in [0.3, 0.4) is 0 Å². The summed E-state index contributed by atoms with van der Waals surface area (Å²) in [5.74, 6) is -0.325. The predicted octanol–water partition coefficient (Wildman–Crippen LogP) is 3.18. The van der Waals surface area contributed by atoms with Gasteiger partial charge < -0.3 is 10.1 Å². The lowest BCUT2D eigenvalue weighted by Gasteiger charge is -2.16. The molecule has 0 aliphatic heterocycles. The molecule has 0 fully saturated rings. The number of nitro groups is 1. The summed E-state index contributed by atoms with van der Waals surface area (Å²) in [6.45, 7) is 3.22. The maximum absolute atomic E-state index is 12.0. The molecule has 0 radical (unpaired) electrons. The number of nitrogens with zero attached hydrogens (tertiary/aromatic N) is 1. The molecular formula is C17H17ClN4O5.